The van der Waals surface area contributed by atoms with Gasteiger partial charge in [0.1, 0.15) is 0 Å². The molecular weight excluding hydrogens is 352 g/mol. The number of amides is 2. The predicted molar refractivity (Wildman–Crippen MR) is 97.6 cm³/mol. The third-order valence-corrected chi connectivity index (χ3v) is 3.98. The van der Waals surface area contributed by atoms with Crippen molar-refractivity contribution in [2.75, 3.05) is 6.61 Å². The molecule has 2 amide bonds. The number of ketones is 1. The van der Waals surface area contributed by atoms with E-state index in [-0.39, 0.29) is 6.61 Å². The first-order chi connectivity index (χ1) is 12.7. The lowest BCUT2D eigenvalue weighted by atomic mass is 10.1. The van der Waals surface area contributed by atoms with E-state index in [4.69, 9.17) is 14.2 Å². The zero-order chi connectivity index (χ0) is 20.2. The smallest absolute Gasteiger partial charge is 0.432 e. The molecule has 1 aliphatic carbocycles. The third kappa shape index (κ3) is 4.32. The summed E-state index contributed by atoms with van der Waals surface area (Å²) in [4.78, 5) is 38.5. The molecule has 3 aliphatic rings. The van der Waals surface area contributed by atoms with Crippen molar-refractivity contribution >= 4 is 18.0 Å². The van der Waals surface area contributed by atoms with E-state index in [1.807, 2.05) is 6.92 Å². The number of nitrogens with zero attached hydrogens (tertiary/aromatic N) is 2. The molecule has 2 heterocycles. The minimum atomic E-state index is -1.78. The molecule has 3 rings (SSSR count). The summed E-state index contributed by atoms with van der Waals surface area (Å²) in [6.07, 6.45) is 5.11. The van der Waals surface area contributed by atoms with E-state index in [1.54, 1.807) is 33.8 Å². The molecule has 0 saturated heterocycles. The van der Waals surface area contributed by atoms with E-state index >= 15 is 0 Å². The highest BCUT2D eigenvalue weighted by Crippen LogP contribution is 2.35. The number of hydrogen-bond acceptors (Lipinski definition) is 6. The molecule has 0 spiro atoms. The van der Waals surface area contributed by atoms with Gasteiger partial charge in [-0.15, -0.1) is 0 Å². The summed E-state index contributed by atoms with van der Waals surface area (Å²) in [6.45, 7) is 9.00. The van der Waals surface area contributed by atoms with Crippen LogP contribution in [0.5, 0.6) is 0 Å². The van der Waals surface area contributed by atoms with Crippen LogP contribution in [0, 0.1) is 0 Å². The fraction of sp³-hybridized carbons (Fsp3) is 0.632. The fourth-order valence-electron chi connectivity index (χ4n) is 2.80. The largest absolute Gasteiger partial charge is 0.445 e. The Morgan fingerprint density at radius 3 is 2.33 bits per heavy atom. The molecule has 0 fully saturated rings. The van der Waals surface area contributed by atoms with Gasteiger partial charge < -0.3 is 14.2 Å². The van der Waals surface area contributed by atoms with Gasteiger partial charge in [0.15, 0.2) is 0 Å². The topological polar surface area (TPSA) is 85.4 Å². The number of hydrogen-bond donors (Lipinski definition) is 0. The second kappa shape index (κ2) is 8.56. The van der Waals surface area contributed by atoms with Crippen molar-refractivity contribution in [3.05, 3.63) is 24.3 Å². The van der Waals surface area contributed by atoms with E-state index in [9.17, 15) is 14.4 Å². The molecule has 0 aromatic carbocycles. The normalized spacial score (nSPS) is 24.0. The van der Waals surface area contributed by atoms with Crippen molar-refractivity contribution in [3.63, 3.8) is 0 Å². The second-order valence-corrected chi connectivity index (χ2v) is 6.99. The molecule has 0 saturated carbocycles. The molecule has 27 heavy (non-hydrogen) atoms. The van der Waals surface area contributed by atoms with Crippen molar-refractivity contribution in [2.45, 2.75) is 71.4 Å². The van der Waals surface area contributed by atoms with Crippen LogP contribution in [0.15, 0.2) is 24.3 Å². The Balaban J connectivity index is 2.50. The molecule has 0 radical (unpaired) electrons. The summed E-state index contributed by atoms with van der Waals surface area (Å²) in [6, 6.07) is -0.662. The predicted octanol–water partition coefficient (Wildman–Crippen LogP) is 3.19. The van der Waals surface area contributed by atoms with Crippen LogP contribution in [-0.2, 0) is 19.0 Å². The molecule has 8 heteroatoms. The van der Waals surface area contributed by atoms with Gasteiger partial charge in [0.2, 0.25) is 11.5 Å². The van der Waals surface area contributed by atoms with Crippen molar-refractivity contribution in [2.24, 2.45) is 0 Å². The van der Waals surface area contributed by atoms with Crippen molar-refractivity contribution in [1.29, 1.82) is 0 Å². The zero-order valence-corrected chi connectivity index (χ0v) is 16.5. The lowest BCUT2D eigenvalue weighted by Crippen LogP contribution is -2.68. The maximum absolute atomic E-state index is 12.9. The van der Waals surface area contributed by atoms with Crippen LogP contribution < -0.4 is 0 Å². The van der Waals surface area contributed by atoms with Gasteiger partial charge in [-0.2, -0.15) is 10.0 Å². The Morgan fingerprint density at radius 2 is 1.74 bits per heavy atom. The Kier molecular flexibility index (Phi) is 6.64. The zero-order valence-electron chi connectivity index (χ0n) is 16.5. The van der Waals surface area contributed by atoms with E-state index in [2.05, 4.69) is 0 Å². The lowest BCUT2D eigenvalue weighted by Gasteiger charge is -2.47. The summed E-state index contributed by atoms with van der Waals surface area (Å²) in [5, 5.41) is 2.03. The standard InChI is InChI=1S/C19H28N2O6/c1-6-7-12-25-19-11-10-15(8-9-16(19)22)20(17(23)26-13(2)3)21(19)18(24)27-14(4)5/h8-11,13-15H,6-7,12H2,1-5H3/t15-,19+/m0/s1. The minimum Gasteiger partial charge on any atom is -0.445 e. The SMILES string of the molecule is CCCCO[C@]12C=C[C@H](C=CC1=O)N(C(=O)OC(C)C)N2C(=O)OC(C)C. The molecule has 0 unspecified atom stereocenters. The highest BCUT2D eigenvalue weighted by atomic mass is 16.6. The Labute approximate surface area is 159 Å². The molecular formula is C19H28N2O6. The second-order valence-electron chi connectivity index (χ2n) is 6.99. The number of carbonyl (C=O) groups excluding carboxylic acids is 3. The molecule has 0 aromatic rings. The maximum Gasteiger partial charge on any atom is 0.432 e. The van der Waals surface area contributed by atoms with E-state index < -0.39 is 41.9 Å². The van der Waals surface area contributed by atoms with Crippen LogP contribution in [0.3, 0.4) is 0 Å². The summed E-state index contributed by atoms with van der Waals surface area (Å²) in [5.74, 6) is -0.460. The van der Waals surface area contributed by atoms with Crippen LogP contribution in [0.2, 0.25) is 0 Å². The number of fused-ring (bicyclic) bond motifs is 2. The number of hydrazine groups is 1. The summed E-state index contributed by atoms with van der Waals surface area (Å²) in [5.41, 5.74) is -1.78. The molecule has 150 valence electrons. The number of unbranched alkanes of at least 4 members (excludes halogenated alkanes) is 1. The Bertz CT molecular complexity index is 642. The van der Waals surface area contributed by atoms with E-state index in [0.29, 0.717) is 6.42 Å². The average Bonchev–Trinajstić information content (AvgIpc) is 2.80. The molecule has 2 bridgehead atoms. The fourth-order valence-corrected chi connectivity index (χ4v) is 2.80. The lowest BCUT2D eigenvalue weighted by molar-refractivity contribution is -0.194. The highest BCUT2D eigenvalue weighted by molar-refractivity contribution is 6.02. The minimum absolute atomic E-state index is 0.240. The van der Waals surface area contributed by atoms with Gasteiger partial charge in [-0.25, -0.2) is 9.59 Å². The average molecular weight is 380 g/mol. The van der Waals surface area contributed by atoms with Gasteiger partial charge in [0, 0.05) is 0 Å². The summed E-state index contributed by atoms with van der Waals surface area (Å²) >= 11 is 0. The molecule has 0 N–H and O–H groups in total. The van der Waals surface area contributed by atoms with Gasteiger partial charge in [0.25, 0.3) is 0 Å². The van der Waals surface area contributed by atoms with Crippen LogP contribution in [0.25, 0.3) is 0 Å². The van der Waals surface area contributed by atoms with E-state index in [1.165, 1.54) is 18.2 Å². The Morgan fingerprint density at radius 1 is 1.11 bits per heavy atom. The number of ether oxygens (including phenoxy) is 3. The Hall–Kier alpha value is -2.35. The van der Waals surface area contributed by atoms with Gasteiger partial charge >= 0.3 is 12.2 Å². The van der Waals surface area contributed by atoms with Crippen molar-refractivity contribution in [3.8, 4) is 0 Å². The highest BCUT2D eigenvalue weighted by Gasteiger charge is 2.56. The van der Waals surface area contributed by atoms with E-state index in [0.717, 1.165) is 16.4 Å². The summed E-state index contributed by atoms with van der Waals surface area (Å²) < 4.78 is 16.5. The summed E-state index contributed by atoms with van der Waals surface area (Å²) in [7, 11) is 0. The first kappa shape index (κ1) is 21.0. The van der Waals surface area contributed by atoms with Gasteiger partial charge in [-0.3, -0.25) is 4.79 Å². The number of carbonyl (C=O) groups is 3. The third-order valence-electron chi connectivity index (χ3n) is 3.98. The maximum atomic E-state index is 12.9. The molecule has 2 aliphatic heterocycles. The first-order valence-electron chi connectivity index (χ1n) is 9.29. The van der Waals surface area contributed by atoms with Crippen molar-refractivity contribution in [1.82, 2.24) is 10.0 Å². The molecule has 8 nitrogen and oxygen atoms in total. The monoisotopic (exact) mass is 380 g/mol. The van der Waals surface area contributed by atoms with Gasteiger partial charge in [-0.05, 0) is 46.3 Å². The molecule has 2 atom stereocenters. The quantitative estimate of drug-likeness (QED) is 0.520. The van der Waals surface area contributed by atoms with Crippen LogP contribution in [0.4, 0.5) is 9.59 Å². The number of rotatable bonds is 6. The van der Waals surface area contributed by atoms with Crippen LogP contribution in [-0.4, -0.2) is 58.6 Å². The van der Waals surface area contributed by atoms with Crippen molar-refractivity contribution < 1.29 is 28.6 Å². The van der Waals surface area contributed by atoms with Crippen LogP contribution in [0.1, 0.15) is 47.5 Å². The molecule has 0 aromatic heterocycles. The van der Waals surface area contributed by atoms with Gasteiger partial charge in [0.05, 0.1) is 24.9 Å². The van der Waals surface area contributed by atoms with Gasteiger partial charge in [-0.1, -0.05) is 25.5 Å². The van der Waals surface area contributed by atoms with Crippen LogP contribution >= 0.6 is 0 Å². The first-order valence-corrected chi connectivity index (χ1v) is 9.29.